The van der Waals surface area contributed by atoms with Crippen LogP contribution >= 0.6 is 0 Å². The third kappa shape index (κ3) is 3.28. The Morgan fingerprint density at radius 2 is 1.92 bits per heavy atom. The molecule has 0 bridgehead atoms. The van der Waals surface area contributed by atoms with Gasteiger partial charge in [-0.3, -0.25) is 0 Å². The first-order valence-electron chi connectivity index (χ1n) is 5.62. The lowest BCUT2D eigenvalue weighted by Gasteiger charge is -2.25. The molecular weight excluding hydrogens is 174 g/mol. The number of hydrogen-bond donors (Lipinski definition) is 0. The molecule has 1 aliphatic rings. The fourth-order valence-corrected chi connectivity index (χ4v) is 4.79. The first-order valence-corrected chi connectivity index (χ1v) is 8.32. The quantitative estimate of drug-likeness (QED) is 0.448. The number of nitrogens with zero attached hydrogens (tertiary/aromatic N) is 1. The zero-order chi connectivity index (χ0) is 9.73. The van der Waals surface area contributed by atoms with Gasteiger partial charge in [-0.2, -0.15) is 0 Å². The molecule has 13 heavy (non-hydrogen) atoms. The zero-order valence-corrected chi connectivity index (χ0v) is 10.2. The summed E-state index contributed by atoms with van der Waals surface area (Å²) in [6.45, 7) is 12.8. The summed E-state index contributed by atoms with van der Waals surface area (Å²) in [7, 11) is -1.02. The lowest BCUT2D eigenvalue weighted by atomic mass is 10.5. The second-order valence-corrected chi connectivity index (χ2v) is 9.27. The lowest BCUT2D eigenvalue weighted by Crippen LogP contribution is -2.30. The summed E-state index contributed by atoms with van der Waals surface area (Å²) in [6.07, 6.45) is 1.40. The highest BCUT2D eigenvalue weighted by molar-refractivity contribution is 6.84. The van der Waals surface area contributed by atoms with Gasteiger partial charge in [0.1, 0.15) is 0 Å². The molecule has 0 N–H and O–H groups in total. The van der Waals surface area contributed by atoms with Gasteiger partial charge in [-0.25, -0.2) is 0 Å². The monoisotopic (exact) mass is 197 g/mol. The average molecular weight is 197 g/mol. The molecule has 0 spiro atoms. The Morgan fingerprint density at radius 3 is 2.31 bits per heavy atom. The summed E-state index contributed by atoms with van der Waals surface area (Å²) in [5.41, 5.74) is 2.31. The van der Waals surface area contributed by atoms with E-state index in [0.29, 0.717) is 0 Å². The van der Waals surface area contributed by atoms with Crippen molar-refractivity contribution in [3.8, 4) is 0 Å². The Hall–Kier alpha value is -0.0831. The van der Waals surface area contributed by atoms with Crippen LogP contribution in [0.15, 0.2) is 12.3 Å². The van der Waals surface area contributed by atoms with Gasteiger partial charge in [0.25, 0.3) is 0 Å². The Morgan fingerprint density at radius 1 is 1.31 bits per heavy atom. The first kappa shape index (κ1) is 11.0. The van der Waals surface area contributed by atoms with Gasteiger partial charge in [0.2, 0.25) is 0 Å². The average Bonchev–Trinajstić information content (AvgIpc) is 2.97. The summed E-state index contributed by atoms with van der Waals surface area (Å²) < 4.78 is 0. The Labute approximate surface area is 83.8 Å². The van der Waals surface area contributed by atoms with Crippen LogP contribution in [0.25, 0.3) is 0 Å². The van der Waals surface area contributed by atoms with Crippen LogP contribution < -0.4 is 0 Å². The minimum atomic E-state index is -1.02. The molecule has 1 nitrogen and oxygen atoms in total. The molecule has 1 aliphatic heterocycles. The van der Waals surface area contributed by atoms with E-state index in [4.69, 9.17) is 0 Å². The molecule has 0 atom stereocenters. The van der Waals surface area contributed by atoms with Gasteiger partial charge in [0.05, 0.1) is 8.07 Å². The van der Waals surface area contributed by atoms with Crippen LogP contribution in [0, 0.1) is 0 Å². The maximum absolute atomic E-state index is 4.04. The molecule has 0 aliphatic carbocycles. The van der Waals surface area contributed by atoms with Crippen molar-refractivity contribution < 1.29 is 0 Å². The van der Waals surface area contributed by atoms with Crippen LogP contribution in [-0.2, 0) is 0 Å². The van der Waals surface area contributed by atoms with E-state index >= 15 is 0 Å². The number of hydrogen-bond acceptors (Lipinski definition) is 1. The summed E-state index contributed by atoms with van der Waals surface area (Å²) >= 11 is 0. The predicted molar refractivity (Wildman–Crippen MR) is 62.8 cm³/mol. The van der Waals surface area contributed by atoms with E-state index in [1.165, 1.54) is 44.2 Å². The Balaban J connectivity index is 2.23. The summed E-state index contributed by atoms with van der Waals surface area (Å²) in [5.74, 6) is 0. The molecular formula is C11H23NSi. The van der Waals surface area contributed by atoms with Crippen LogP contribution in [0.4, 0.5) is 0 Å². The molecule has 0 unspecified atom stereocenters. The van der Waals surface area contributed by atoms with E-state index in [1.807, 2.05) is 0 Å². The SMILES string of the molecule is C=C[Si](CC)(CC)CCCN1CC1. The molecule has 0 amide bonds. The molecule has 1 fully saturated rings. The maximum atomic E-state index is 4.04. The van der Waals surface area contributed by atoms with Crippen LogP contribution in [0.2, 0.25) is 18.1 Å². The third-order valence-corrected chi connectivity index (χ3v) is 8.56. The molecule has 0 aromatic carbocycles. The van der Waals surface area contributed by atoms with Crippen molar-refractivity contribution in [3.05, 3.63) is 12.3 Å². The summed E-state index contributed by atoms with van der Waals surface area (Å²) in [5, 5.41) is 0. The fraction of sp³-hybridized carbons (Fsp3) is 0.818. The van der Waals surface area contributed by atoms with E-state index in [1.54, 1.807) is 0 Å². The van der Waals surface area contributed by atoms with Crippen LogP contribution in [-0.4, -0.2) is 32.6 Å². The van der Waals surface area contributed by atoms with Crippen LogP contribution in [0.1, 0.15) is 20.3 Å². The molecule has 1 saturated heterocycles. The van der Waals surface area contributed by atoms with Gasteiger partial charge in [0.15, 0.2) is 0 Å². The van der Waals surface area contributed by atoms with Gasteiger partial charge >= 0.3 is 0 Å². The third-order valence-electron chi connectivity index (χ3n) is 3.53. The van der Waals surface area contributed by atoms with Crippen molar-refractivity contribution in [1.29, 1.82) is 0 Å². The summed E-state index contributed by atoms with van der Waals surface area (Å²) in [4.78, 5) is 2.52. The minimum absolute atomic E-state index is 1.02. The van der Waals surface area contributed by atoms with Crippen molar-refractivity contribution in [2.24, 2.45) is 0 Å². The predicted octanol–water partition coefficient (Wildman–Crippen LogP) is 2.91. The van der Waals surface area contributed by atoms with E-state index < -0.39 is 8.07 Å². The van der Waals surface area contributed by atoms with Gasteiger partial charge in [-0.15, -0.1) is 12.3 Å². The van der Waals surface area contributed by atoms with E-state index in [-0.39, 0.29) is 0 Å². The molecule has 2 heteroatoms. The van der Waals surface area contributed by atoms with Crippen molar-refractivity contribution in [3.63, 3.8) is 0 Å². The Kier molecular flexibility index (Phi) is 4.20. The highest BCUT2D eigenvalue weighted by atomic mass is 28.3. The lowest BCUT2D eigenvalue weighted by molar-refractivity contribution is 0.549. The smallest absolute Gasteiger partial charge is 0.0765 e. The standard InChI is InChI=1S/C11H23NSi/c1-4-13(5-2,6-3)11-7-8-12-9-10-12/h4H,1,5-11H2,2-3H3. The van der Waals surface area contributed by atoms with E-state index in [9.17, 15) is 0 Å². The molecule has 76 valence electrons. The highest BCUT2D eigenvalue weighted by Crippen LogP contribution is 2.23. The van der Waals surface area contributed by atoms with Crippen molar-refractivity contribution in [2.75, 3.05) is 19.6 Å². The Bertz CT molecular complexity index is 159. The van der Waals surface area contributed by atoms with Gasteiger partial charge < -0.3 is 4.90 Å². The van der Waals surface area contributed by atoms with Crippen LogP contribution in [0.3, 0.4) is 0 Å². The van der Waals surface area contributed by atoms with Crippen molar-refractivity contribution in [1.82, 2.24) is 4.90 Å². The van der Waals surface area contributed by atoms with Crippen molar-refractivity contribution >= 4 is 8.07 Å². The zero-order valence-electron chi connectivity index (χ0n) is 9.18. The first-order chi connectivity index (χ1) is 6.26. The molecule has 0 aromatic rings. The van der Waals surface area contributed by atoms with Gasteiger partial charge in [0, 0.05) is 13.1 Å². The van der Waals surface area contributed by atoms with Crippen molar-refractivity contribution in [2.45, 2.75) is 38.4 Å². The van der Waals surface area contributed by atoms with E-state index in [0.717, 1.165) is 0 Å². The van der Waals surface area contributed by atoms with Crippen LogP contribution in [0.5, 0.6) is 0 Å². The van der Waals surface area contributed by atoms with Gasteiger partial charge in [-0.1, -0.05) is 32.0 Å². The number of rotatable bonds is 7. The largest absolute Gasteiger partial charge is 0.301 e. The molecule has 0 radical (unpaired) electrons. The molecule has 0 saturated carbocycles. The van der Waals surface area contributed by atoms with E-state index in [2.05, 4.69) is 31.0 Å². The van der Waals surface area contributed by atoms with Gasteiger partial charge in [-0.05, 0) is 13.0 Å². The molecule has 1 heterocycles. The normalized spacial score (nSPS) is 17.4. The topological polar surface area (TPSA) is 3.01 Å². The summed E-state index contributed by atoms with van der Waals surface area (Å²) in [6, 6.07) is 4.22. The molecule has 0 aromatic heterocycles. The molecule has 1 rings (SSSR count). The fourth-order valence-electron chi connectivity index (χ4n) is 1.94. The maximum Gasteiger partial charge on any atom is 0.0765 e. The second kappa shape index (κ2) is 4.96. The second-order valence-electron chi connectivity index (χ2n) is 4.22. The minimum Gasteiger partial charge on any atom is -0.301 e. The highest BCUT2D eigenvalue weighted by Gasteiger charge is 2.25.